The van der Waals surface area contributed by atoms with Gasteiger partial charge in [0.25, 0.3) is 5.91 Å². The van der Waals surface area contributed by atoms with Crippen LogP contribution in [0, 0.1) is 6.92 Å². The predicted octanol–water partition coefficient (Wildman–Crippen LogP) is 3.22. The Hall–Kier alpha value is -2.15. The fourth-order valence-electron chi connectivity index (χ4n) is 4.50. The maximum atomic E-state index is 13.1. The first-order chi connectivity index (χ1) is 13.8. The lowest BCUT2D eigenvalue weighted by Gasteiger charge is -2.34. The van der Waals surface area contributed by atoms with Crippen molar-refractivity contribution in [2.75, 3.05) is 26.2 Å². The summed E-state index contributed by atoms with van der Waals surface area (Å²) in [6.45, 7) is 12.7. The van der Waals surface area contributed by atoms with Crippen LogP contribution in [0.4, 0.5) is 0 Å². The minimum absolute atomic E-state index is 0.00413. The number of hydrogen-bond acceptors (Lipinski definition) is 4. The smallest absolute Gasteiger partial charge is 0.257 e. The van der Waals surface area contributed by atoms with Crippen molar-refractivity contribution in [2.24, 2.45) is 0 Å². The van der Waals surface area contributed by atoms with E-state index in [1.165, 1.54) is 31.2 Å². The Morgan fingerprint density at radius 2 is 1.76 bits per heavy atom. The maximum absolute atomic E-state index is 13.1. The summed E-state index contributed by atoms with van der Waals surface area (Å²) < 4.78 is 4.11. The van der Waals surface area contributed by atoms with Crippen molar-refractivity contribution in [3.05, 3.63) is 35.4 Å². The normalized spacial score (nSPS) is 19.2. The lowest BCUT2D eigenvalue weighted by molar-refractivity contribution is 0.0627. The van der Waals surface area contributed by atoms with Crippen LogP contribution in [0.1, 0.15) is 74.1 Å². The number of rotatable bonds is 4. The van der Waals surface area contributed by atoms with Gasteiger partial charge in [0, 0.05) is 50.2 Å². The van der Waals surface area contributed by atoms with Crippen LogP contribution in [0.3, 0.4) is 0 Å². The van der Waals surface area contributed by atoms with Crippen molar-refractivity contribution in [2.45, 2.75) is 71.5 Å². The number of amides is 1. The fourth-order valence-corrected chi connectivity index (χ4v) is 4.50. The molecule has 0 bridgehead atoms. The van der Waals surface area contributed by atoms with Crippen LogP contribution >= 0.6 is 0 Å². The number of carbonyl (C=O) groups is 1. The minimum atomic E-state index is 0.00413. The molecular weight excluding hydrogens is 364 g/mol. The van der Waals surface area contributed by atoms with E-state index in [9.17, 15) is 4.79 Å². The summed E-state index contributed by atoms with van der Waals surface area (Å²) in [5.41, 5.74) is 3.04. The second-order valence-electron chi connectivity index (χ2n) is 9.56. The zero-order valence-corrected chi connectivity index (χ0v) is 18.3. The Kier molecular flexibility index (Phi) is 5.51. The summed E-state index contributed by atoms with van der Waals surface area (Å²) in [7, 11) is 0. The van der Waals surface area contributed by atoms with E-state index in [-0.39, 0.29) is 11.4 Å². The van der Waals surface area contributed by atoms with E-state index in [1.54, 1.807) is 6.20 Å². The largest absolute Gasteiger partial charge is 0.336 e. The molecule has 0 spiro atoms. The number of aromatic nitrogens is 4. The number of nitrogens with zero attached hydrogens (tertiary/aromatic N) is 6. The predicted molar refractivity (Wildman–Crippen MR) is 113 cm³/mol. The van der Waals surface area contributed by atoms with E-state index in [2.05, 4.69) is 46.7 Å². The van der Waals surface area contributed by atoms with E-state index >= 15 is 0 Å². The molecule has 0 atom stereocenters. The molecule has 1 aliphatic carbocycles. The molecule has 0 aromatic carbocycles. The molecule has 2 aromatic rings. The van der Waals surface area contributed by atoms with E-state index in [0.717, 1.165) is 44.0 Å². The molecule has 7 heteroatoms. The van der Waals surface area contributed by atoms with Gasteiger partial charge in [-0.05, 0) is 40.5 Å². The van der Waals surface area contributed by atoms with Gasteiger partial charge in [-0.1, -0.05) is 12.8 Å². The highest BCUT2D eigenvalue weighted by Gasteiger charge is 2.27. The van der Waals surface area contributed by atoms with E-state index in [1.807, 2.05) is 22.7 Å². The third-order valence-corrected chi connectivity index (χ3v) is 6.33. The summed E-state index contributed by atoms with van der Waals surface area (Å²) >= 11 is 0. The van der Waals surface area contributed by atoms with E-state index in [4.69, 9.17) is 0 Å². The molecule has 3 heterocycles. The highest BCUT2D eigenvalue weighted by atomic mass is 16.2. The van der Waals surface area contributed by atoms with Crippen LogP contribution in [0.25, 0.3) is 0 Å². The van der Waals surface area contributed by atoms with Gasteiger partial charge in [-0.3, -0.25) is 19.1 Å². The summed E-state index contributed by atoms with van der Waals surface area (Å²) in [5, 5.41) is 9.05. The fraction of sp³-hybridized carbons (Fsp3) is 0.682. The molecule has 1 amide bonds. The van der Waals surface area contributed by atoms with Crippen molar-refractivity contribution in [3.63, 3.8) is 0 Å². The number of carbonyl (C=O) groups excluding carboxylic acids is 1. The van der Waals surface area contributed by atoms with Gasteiger partial charge >= 0.3 is 0 Å². The molecule has 4 rings (SSSR count). The minimum Gasteiger partial charge on any atom is -0.336 e. The Morgan fingerprint density at radius 3 is 2.38 bits per heavy atom. The van der Waals surface area contributed by atoms with Gasteiger partial charge in [0.05, 0.1) is 29.5 Å². The van der Waals surface area contributed by atoms with Crippen molar-refractivity contribution in [1.82, 2.24) is 29.4 Å². The molecular formula is C22H34N6O. The Morgan fingerprint density at radius 1 is 1.07 bits per heavy atom. The average molecular weight is 399 g/mol. The molecule has 0 radical (unpaired) electrons. The Labute approximate surface area is 173 Å². The van der Waals surface area contributed by atoms with Crippen molar-refractivity contribution in [3.8, 4) is 0 Å². The maximum Gasteiger partial charge on any atom is 0.257 e. The van der Waals surface area contributed by atoms with Crippen LogP contribution < -0.4 is 0 Å². The second kappa shape index (κ2) is 7.94. The van der Waals surface area contributed by atoms with Crippen LogP contribution in [0.5, 0.6) is 0 Å². The van der Waals surface area contributed by atoms with Gasteiger partial charge in [-0.2, -0.15) is 10.2 Å². The highest BCUT2D eigenvalue weighted by molar-refractivity contribution is 5.95. The lowest BCUT2D eigenvalue weighted by atomic mass is 10.1. The van der Waals surface area contributed by atoms with Gasteiger partial charge in [0.1, 0.15) is 0 Å². The van der Waals surface area contributed by atoms with Crippen LogP contribution in [-0.4, -0.2) is 61.4 Å². The first kappa shape index (κ1) is 20.1. The summed E-state index contributed by atoms with van der Waals surface area (Å²) in [5.74, 6) is 0.131. The monoisotopic (exact) mass is 398 g/mol. The van der Waals surface area contributed by atoms with Gasteiger partial charge in [-0.25, -0.2) is 0 Å². The van der Waals surface area contributed by atoms with Gasteiger partial charge < -0.3 is 4.90 Å². The van der Waals surface area contributed by atoms with E-state index < -0.39 is 0 Å². The van der Waals surface area contributed by atoms with Gasteiger partial charge in [0.15, 0.2) is 0 Å². The molecule has 0 N–H and O–H groups in total. The standard InChI is InChI=1S/C22H34N6O/c1-17-20(14-24-28(17)19-7-5-6-8-19)21(29)26-11-9-25(10-12-26)15-18-13-23-27(16-18)22(2,3)4/h13-14,16,19H,5-12,15H2,1-4H3. The number of hydrogen-bond donors (Lipinski definition) is 0. The van der Waals surface area contributed by atoms with Crippen molar-refractivity contribution in [1.29, 1.82) is 0 Å². The molecule has 1 saturated carbocycles. The lowest BCUT2D eigenvalue weighted by Crippen LogP contribution is -2.48. The molecule has 29 heavy (non-hydrogen) atoms. The van der Waals surface area contributed by atoms with Crippen LogP contribution in [0.2, 0.25) is 0 Å². The van der Waals surface area contributed by atoms with Crippen LogP contribution in [-0.2, 0) is 12.1 Å². The molecule has 2 aliphatic rings. The second-order valence-corrected chi connectivity index (χ2v) is 9.56. The van der Waals surface area contributed by atoms with Gasteiger partial charge in [-0.15, -0.1) is 0 Å². The topological polar surface area (TPSA) is 59.2 Å². The Balaban J connectivity index is 1.33. The molecule has 158 valence electrons. The first-order valence-electron chi connectivity index (χ1n) is 10.9. The summed E-state index contributed by atoms with van der Waals surface area (Å²) in [6.07, 6.45) is 10.8. The SMILES string of the molecule is Cc1c(C(=O)N2CCN(Cc3cnn(C(C)(C)C)c3)CC2)cnn1C1CCCC1. The van der Waals surface area contributed by atoms with Crippen molar-refractivity contribution >= 4 is 5.91 Å². The molecule has 0 unspecified atom stereocenters. The molecule has 2 aromatic heterocycles. The highest BCUT2D eigenvalue weighted by Crippen LogP contribution is 2.30. The van der Waals surface area contributed by atoms with E-state index in [0.29, 0.717) is 6.04 Å². The zero-order valence-electron chi connectivity index (χ0n) is 18.3. The zero-order chi connectivity index (χ0) is 20.6. The third kappa shape index (κ3) is 4.25. The quantitative estimate of drug-likeness (QED) is 0.793. The van der Waals surface area contributed by atoms with Gasteiger partial charge in [0.2, 0.25) is 0 Å². The summed E-state index contributed by atoms with van der Waals surface area (Å²) in [4.78, 5) is 17.5. The average Bonchev–Trinajstić information content (AvgIpc) is 3.42. The third-order valence-electron chi connectivity index (χ3n) is 6.33. The summed E-state index contributed by atoms with van der Waals surface area (Å²) in [6, 6.07) is 0.474. The van der Waals surface area contributed by atoms with Crippen LogP contribution in [0.15, 0.2) is 18.6 Å². The van der Waals surface area contributed by atoms with Crippen molar-refractivity contribution < 1.29 is 4.79 Å². The molecule has 2 fully saturated rings. The first-order valence-corrected chi connectivity index (χ1v) is 10.9. The Bertz CT molecular complexity index is 847. The molecule has 1 saturated heterocycles. The number of piperazine rings is 1. The molecule has 7 nitrogen and oxygen atoms in total. The molecule has 1 aliphatic heterocycles.